The summed E-state index contributed by atoms with van der Waals surface area (Å²) in [5.41, 5.74) is 11.2. The van der Waals surface area contributed by atoms with Crippen LogP contribution in [-0.4, -0.2) is 16.2 Å². The van der Waals surface area contributed by atoms with Gasteiger partial charge in [-0.25, -0.2) is 4.79 Å². The molecular weight excluding hydrogens is 504 g/mol. The highest BCUT2D eigenvalue weighted by Crippen LogP contribution is 2.51. The molecule has 5 aromatic carbocycles. The lowest BCUT2D eigenvalue weighted by Crippen LogP contribution is -2.34. The average molecular weight is 541 g/mol. The molecule has 0 radical (unpaired) electrons. The molecule has 0 aliphatic heterocycles. The van der Waals surface area contributed by atoms with Crippen LogP contribution >= 0.6 is 0 Å². The van der Waals surface area contributed by atoms with Gasteiger partial charge in [-0.2, -0.15) is 0 Å². The monoisotopic (exact) mass is 540 g/mol. The second-order valence-corrected chi connectivity index (χ2v) is 11.1. The van der Waals surface area contributed by atoms with Gasteiger partial charge in [-0.1, -0.05) is 84.9 Å². The summed E-state index contributed by atoms with van der Waals surface area (Å²) in [4.78, 5) is 12.7. The van der Waals surface area contributed by atoms with E-state index < -0.39 is 11.4 Å². The molecule has 0 atom stereocenters. The molecule has 41 heavy (non-hydrogen) atoms. The van der Waals surface area contributed by atoms with Crippen LogP contribution in [0.2, 0.25) is 0 Å². The minimum absolute atomic E-state index is 0.119. The number of carboxylic acids is 1. The van der Waals surface area contributed by atoms with Crippen LogP contribution in [0, 0.1) is 41.5 Å². The van der Waals surface area contributed by atoms with Crippen LogP contribution in [0.3, 0.4) is 0 Å². The van der Waals surface area contributed by atoms with E-state index in [2.05, 4.69) is 96.1 Å². The van der Waals surface area contributed by atoms with Gasteiger partial charge in [0.15, 0.2) is 0 Å². The maximum absolute atomic E-state index is 12.7. The second kappa shape index (κ2) is 10.7. The Hall–Kier alpha value is -4.63. The Labute approximate surface area is 242 Å². The maximum atomic E-state index is 12.7. The predicted octanol–water partition coefficient (Wildman–Crippen LogP) is 8.99. The number of rotatable bonds is 6. The fourth-order valence-corrected chi connectivity index (χ4v) is 6.23. The zero-order valence-electron chi connectivity index (χ0n) is 24.5. The number of carbonyl (C=O) groups is 1. The SMILES string of the molecule is Cc1cccc(C(c2cc(C(=O)O)c(O)c(-c3ccccc3)c2)(c2cccc(C)c2C)c2cccc(C)c2C)c1C. The van der Waals surface area contributed by atoms with Crippen molar-refractivity contribution in [2.75, 3.05) is 0 Å². The quantitative estimate of drug-likeness (QED) is 0.211. The van der Waals surface area contributed by atoms with Gasteiger partial charge in [-0.15, -0.1) is 0 Å². The van der Waals surface area contributed by atoms with E-state index >= 15 is 0 Å². The summed E-state index contributed by atoms with van der Waals surface area (Å²) in [6, 6.07) is 32.3. The first-order chi connectivity index (χ1) is 19.6. The van der Waals surface area contributed by atoms with Gasteiger partial charge in [0.1, 0.15) is 11.3 Å². The van der Waals surface area contributed by atoms with Crippen LogP contribution in [0.5, 0.6) is 5.75 Å². The minimum atomic E-state index is -1.17. The highest BCUT2D eigenvalue weighted by Gasteiger charge is 2.43. The van der Waals surface area contributed by atoms with Crippen molar-refractivity contribution < 1.29 is 15.0 Å². The molecule has 5 aromatic rings. The van der Waals surface area contributed by atoms with Crippen LogP contribution in [-0.2, 0) is 5.41 Å². The summed E-state index contributed by atoms with van der Waals surface area (Å²) in [5.74, 6) is -1.40. The molecule has 0 bridgehead atoms. The smallest absolute Gasteiger partial charge is 0.339 e. The normalized spacial score (nSPS) is 11.5. The largest absolute Gasteiger partial charge is 0.506 e. The number of aromatic carboxylic acids is 1. The third-order valence-corrected chi connectivity index (χ3v) is 8.88. The number of phenols is 1. The molecule has 2 N–H and O–H groups in total. The summed E-state index contributed by atoms with van der Waals surface area (Å²) in [6.45, 7) is 12.8. The van der Waals surface area contributed by atoms with Crippen molar-refractivity contribution in [1.82, 2.24) is 0 Å². The first-order valence-corrected chi connectivity index (χ1v) is 13.9. The summed E-state index contributed by atoms with van der Waals surface area (Å²) >= 11 is 0. The molecular formula is C38H36O3. The Bertz CT molecular complexity index is 1650. The van der Waals surface area contributed by atoms with E-state index in [4.69, 9.17) is 0 Å². The van der Waals surface area contributed by atoms with Crippen LogP contribution in [0.25, 0.3) is 11.1 Å². The number of carboxylic acid groups (broad SMARTS) is 1. The van der Waals surface area contributed by atoms with Gasteiger partial charge in [0.25, 0.3) is 0 Å². The molecule has 0 saturated carbocycles. The second-order valence-electron chi connectivity index (χ2n) is 11.1. The summed E-state index contributed by atoms with van der Waals surface area (Å²) in [6.07, 6.45) is 0. The van der Waals surface area contributed by atoms with Gasteiger partial charge in [-0.05, 0) is 115 Å². The van der Waals surface area contributed by atoms with Crippen molar-refractivity contribution >= 4 is 5.97 Å². The highest BCUT2D eigenvalue weighted by molar-refractivity contribution is 5.95. The summed E-state index contributed by atoms with van der Waals surface area (Å²) in [7, 11) is 0. The molecule has 0 heterocycles. The number of aromatic hydroxyl groups is 1. The number of aryl methyl sites for hydroxylation is 3. The van der Waals surface area contributed by atoms with Gasteiger partial charge >= 0.3 is 5.97 Å². The standard InChI is InChI=1S/C38H36O3/c1-23-13-10-18-33(26(23)4)38(34-19-11-14-24(2)27(34)5,35-20-12-15-25(3)28(35)6)30-21-31(29-16-8-7-9-17-29)36(39)32(22-30)37(40)41/h7-22,39H,1-6H3,(H,40,41). The third-order valence-electron chi connectivity index (χ3n) is 8.88. The number of hydrogen-bond donors (Lipinski definition) is 2. The zero-order chi connectivity index (χ0) is 29.5. The Morgan fingerprint density at radius 3 is 1.44 bits per heavy atom. The van der Waals surface area contributed by atoms with Crippen LogP contribution in [0.1, 0.15) is 66.0 Å². The molecule has 0 fully saturated rings. The molecule has 5 rings (SSSR count). The van der Waals surface area contributed by atoms with Crippen molar-refractivity contribution in [3.8, 4) is 16.9 Å². The lowest BCUT2D eigenvalue weighted by molar-refractivity contribution is 0.0693. The fraction of sp³-hybridized carbons (Fsp3) is 0.184. The van der Waals surface area contributed by atoms with Crippen LogP contribution in [0.15, 0.2) is 97.1 Å². The molecule has 3 nitrogen and oxygen atoms in total. The number of hydrogen-bond acceptors (Lipinski definition) is 2. The summed E-state index contributed by atoms with van der Waals surface area (Å²) < 4.78 is 0. The molecule has 206 valence electrons. The van der Waals surface area contributed by atoms with Crippen molar-refractivity contribution in [2.24, 2.45) is 0 Å². The average Bonchev–Trinajstić information content (AvgIpc) is 2.96. The molecule has 0 aliphatic rings. The topological polar surface area (TPSA) is 57.5 Å². The van der Waals surface area contributed by atoms with Gasteiger partial charge in [0.2, 0.25) is 0 Å². The van der Waals surface area contributed by atoms with Crippen molar-refractivity contribution in [1.29, 1.82) is 0 Å². The van der Waals surface area contributed by atoms with Gasteiger partial charge in [0, 0.05) is 5.56 Å². The van der Waals surface area contributed by atoms with E-state index in [1.807, 2.05) is 36.4 Å². The van der Waals surface area contributed by atoms with Crippen molar-refractivity contribution in [2.45, 2.75) is 47.0 Å². The molecule has 0 spiro atoms. The Kier molecular flexibility index (Phi) is 7.31. The maximum Gasteiger partial charge on any atom is 0.339 e. The Balaban J connectivity index is 2.10. The lowest BCUT2D eigenvalue weighted by Gasteiger charge is -2.41. The lowest BCUT2D eigenvalue weighted by atomic mass is 9.61. The first-order valence-electron chi connectivity index (χ1n) is 13.9. The van der Waals surface area contributed by atoms with Gasteiger partial charge in [-0.3, -0.25) is 0 Å². The Morgan fingerprint density at radius 1 is 0.585 bits per heavy atom. The van der Waals surface area contributed by atoms with E-state index in [0.29, 0.717) is 5.56 Å². The van der Waals surface area contributed by atoms with E-state index in [9.17, 15) is 15.0 Å². The van der Waals surface area contributed by atoms with Crippen molar-refractivity contribution in [3.05, 3.63) is 158 Å². The molecule has 0 saturated heterocycles. The van der Waals surface area contributed by atoms with Gasteiger partial charge in [0.05, 0.1) is 5.41 Å². The molecule has 0 amide bonds. The minimum Gasteiger partial charge on any atom is -0.506 e. The Morgan fingerprint density at radius 2 is 1.02 bits per heavy atom. The third kappa shape index (κ3) is 4.52. The predicted molar refractivity (Wildman–Crippen MR) is 167 cm³/mol. The number of benzene rings is 5. The highest BCUT2D eigenvalue weighted by atomic mass is 16.4. The van der Waals surface area contributed by atoms with E-state index in [1.165, 1.54) is 0 Å². The molecule has 0 unspecified atom stereocenters. The van der Waals surface area contributed by atoms with E-state index in [-0.39, 0.29) is 11.3 Å². The first kappa shape index (κ1) is 27.9. The van der Waals surface area contributed by atoms with Crippen LogP contribution < -0.4 is 0 Å². The van der Waals surface area contributed by atoms with Crippen molar-refractivity contribution in [3.63, 3.8) is 0 Å². The summed E-state index contributed by atoms with van der Waals surface area (Å²) in [5, 5.41) is 21.7. The van der Waals surface area contributed by atoms with Crippen LogP contribution in [0.4, 0.5) is 0 Å². The fourth-order valence-electron chi connectivity index (χ4n) is 6.23. The molecule has 0 aliphatic carbocycles. The molecule has 3 heteroatoms. The van der Waals surface area contributed by atoms with Gasteiger partial charge < -0.3 is 10.2 Å². The zero-order valence-corrected chi connectivity index (χ0v) is 24.5. The molecule has 0 aromatic heterocycles. The van der Waals surface area contributed by atoms with E-state index in [1.54, 1.807) is 6.07 Å². The van der Waals surface area contributed by atoms with E-state index in [0.717, 1.165) is 61.2 Å².